The number of benzene rings is 1. The van der Waals surface area contributed by atoms with E-state index in [1.54, 1.807) is 0 Å². The Kier molecular flexibility index (Phi) is 4.02. The third-order valence-corrected chi connectivity index (χ3v) is 3.54. The third kappa shape index (κ3) is 2.61. The van der Waals surface area contributed by atoms with Gasteiger partial charge in [0.05, 0.1) is 6.61 Å². The standard InChI is InChI=1S/C14H22N2O/c1-10(9-15)14(16-2)12-5-6-13-11(8-12)4-3-7-17-13/h5-6,8,10,14,16H,3-4,7,9,15H2,1-2H3. The molecule has 0 fully saturated rings. The summed E-state index contributed by atoms with van der Waals surface area (Å²) >= 11 is 0. The van der Waals surface area contributed by atoms with Crippen molar-refractivity contribution in [2.45, 2.75) is 25.8 Å². The van der Waals surface area contributed by atoms with E-state index in [2.05, 4.69) is 30.4 Å². The molecular weight excluding hydrogens is 212 g/mol. The van der Waals surface area contributed by atoms with Crippen molar-refractivity contribution in [3.05, 3.63) is 29.3 Å². The first-order valence-corrected chi connectivity index (χ1v) is 6.39. The largest absolute Gasteiger partial charge is 0.493 e. The van der Waals surface area contributed by atoms with E-state index in [0.717, 1.165) is 25.2 Å². The minimum absolute atomic E-state index is 0.326. The molecule has 17 heavy (non-hydrogen) atoms. The lowest BCUT2D eigenvalue weighted by atomic mass is 9.92. The van der Waals surface area contributed by atoms with Crippen molar-refractivity contribution >= 4 is 0 Å². The van der Waals surface area contributed by atoms with Crippen LogP contribution < -0.4 is 15.8 Å². The van der Waals surface area contributed by atoms with E-state index < -0.39 is 0 Å². The predicted octanol–water partition coefficient (Wildman–Crippen LogP) is 1.87. The molecule has 2 unspecified atom stereocenters. The number of aryl methyl sites for hydroxylation is 1. The second kappa shape index (κ2) is 5.52. The van der Waals surface area contributed by atoms with Crippen LogP contribution in [0.1, 0.15) is 30.5 Å². The van der Waals surface area contributed by atoms with Gasteiger partial charge in [0.1, 0.15) is 5.75 Å². The summed E-state index contributed by atoms with van der Waals surface area (Å²) in [4.78, 5) is 0. The lowest BCUT2D eigenvalue weighted by Gasteiger charge is -2.25. The van der Waals surface area contributed by atoms with Gasteiger partial charge in [-0.15, -0.1) is 0 Å². The minimum atomic E-state index is 0.326. The molecule has 0 saturated heterocycles. The highest BCUT2D eigenvalue weighted by Gasteiger charge is 2.18. The molecule has 2 atom stereocenters. The van der Waals surface area contributed by atoms with Crippen LogP contribution in [-0.4, -0.2) is 20.2 Å². The monoisotopic (exact) mass is 234 g/mol. The second-order valence-corrected chi connectivity index (χ2v) is 4.80. The first kappa shape index (κ1) is 12.4. The summed E-state index contributed by atoms with van der Waals surface area (Å²) in [5.41, 5.74) is 8.41. The van der Waals surface area contributed by atoms with E-state index in [1.807, 2.05) is 7.05 Å². The molecule has 0 amide bonds. The Labute approximate surface area is 103 Å². The molecule has 1 aromatic carbocycles. The molecule has 3 nitrogen and oxygen atoms in total. The van der Waals surface area contributed by atoms with Crippen molar-refractivity contribution in [3.63, 3.8) is 0 Å². The van der Waals surface area contributed by atoms with Crippen LogP contribution >= 0.6 is 0 Å². The number of nitrogens with one attached hydrogen (secondary N) is 1. The molecule has 0 spiro atoms. The second-order valence-electron chi connectivity index (χ2n) is 4.80. The van der Waals surface area contributed by atoms with Crippen LogP contribution in [0.3, 0.4) is 0 Å². The lowest BCUT2D eigenvalue weighted by Crippen LogP contribution is -2.28. The van der Waals surface area contributed by atoms with Gasteiger partial charge in [0.15, 0.2) is 0 Å². The maximum atomic E-state index is 5.76. The predicted molar refractivity (Wildman–Crippen MR) is 70.3 cm³/mol. The molecular formula is C14H22N2O. The van der Waals surface area contributed by atoms with Gasteiger partial charge < -0.3 is 15.8 Å². The minimum Gasteiger partial charge on any atom is -0.493 e. The zero-order valence-electron chi connectivity index (χ0n) is 10.7. The number of ether oxygens (including phenoxy) is 1. The van der Waals surface area contributed by atoms with Gasteiger partial charge in [0.2, 0.25) is 0 Å². The number of hydrogen-bond acceptors (Lipinski definition) is 3. The summed E-state index contributed by atoms with van der Waals surface area (Å²) in [6.07, 6.45) is 2.24. The summed E-state index contributed by atoms with van der Waals surface area (Å²) in [6.45, 7) is 3.72. The van der Waals surface area contributed by atoms with E-state index in [4.69, 9.17) is 10.5 Å². The van der Waals surface area contributed by atoms with Crippen LogP contribution in [0, 0.1) is 5.92 Å². The molecule has 3 N–H and O–H groups in total. The molecule has 0 saturated carbocycles. The summed E-state index contributed by atoms with van der Waals surface area (Å²) in [6, 6.07) is 6.84. The quantitative estimate of drug-likeness (QED) is 0.836. The summed E-state index contributed by atoms with van der Waals surface area (Å²) in [5, 5.41) is 3.36. The SMILES string of the molecule is CNC(c1ccc2c(c1)CCCO2)C(C)CN. The first-order chi connectivity index (χ1) is 8.26. The lowest BCUT2D eigenvalue weighted by molar-refractivity contribution is 0.288. The van der Waals surface area contributed by atoms with E-state index >= 15 is 0 Å². The summed E-state index contributed by atoms with van der Waals surface area (Å²) < 4.78 is 5.63. The van der Waals surface area contributed by atoms with Crippen LogP contribution in [0.5, 0.6) is 5.75 Å². The van der Waals surface area contributed by atoms with Crippen molar-refractivity contribution in [2.24, 2.45) is 11.7 Å². The van der Waals surface area contributed by atoms with Crippen LogP contribution in [0.25, 0.3) is 0 Å². The smallest absolute Gasteiger partial charge is 0.122 e. The van der Waals surface area contributed by atoms with Crippen LogP contribution in [0.15, 0.2) is 18.2 Å². The highest BCUT2D eigenvalue weighted by molar-refractivity contribution is 5.39. The molecule has 1 aromatic rings. The Bertz CT molecular complexity index is 378. The molecule has 0 aliphatic carbocycles. The van der Waals surface area contributed by atoms with E-state index in [1.165, 1.54) is 11.1 Å². The Balaban J connectivity index is 2.25. The molecule has 0 aromatic heterocycles. The van der Waals surface area contributed by atoms with Gasteiger partial charge >= 0.3 is 0 Å². The van der Waals surface area contributed by atoms with Gasteiger partial charge in [0.25, 0.3) is 0 Å². The highest BCUT2D eigenvalue weighted by atomic mass is 16.5. The molecule has 94 valence electrons. The van der Waals surface area contributed by atoms with Crippen molar-refractivity contribution in [2.75, 3.05) is 20.2 Å². The molecule has 2 rings (SSSR count). The Hall–Kier alpha value is -1.06. The zero-order chi connectivity index (χ0) is 12.3. The maximum Gasteiger partial charge on any atom is 0.122 e. The van der Waals surface area contributed by atoms with Gasteiger partial charge in [-0.2, -0.15) is 0 Å². The number of nitrogens with two attached hydrogens (primary N) is 1. The van der Waals surface area contributed by atoms with Crippen LogP contribution in [-0.2, 0) is 6.42 Å². The molecule has 1 aliphatic rings. The van der Waals surface area contributed by atoms with Gasteiger partial charge in [-0.1, -0.05) is 19.1 Å². The van der Waals surface area contributed by atoms with Gasteiger partial charge in [0, 0.05) is 6.04 Å². The van der Waals surface area contributed by atoms with Crippen molar-refractivity contribution in [1.29, 1.82) is 0 Å². The average Bonchev–Trinajstić information content (AvgIpc) is 2.39. The molecule has 1 heterocycles. The van der Waals surface area contributed by atoms with Gasteiger partial charge in [-0.05, 0) is 49.5 Å². The van der Waals surface area contributed by atoms with Crippen molar-refractivity contribution in [3.8, 4) is 5.75 Å². The van der Waals surface area contributed by atoms with E-state index in [0.29, 0.717) is 18.5 Å². The summed E-state index contributed by atoms with van der Waals surface area (Å²) in [7, 11) is 1.99. The Morgan fingerprint density at radius 1 is 1.47 bits per heavy atom. The third-order valence-electron chi connectivity index (χ3n) is 3.54. The number of rotatable bonds is 4. The fourth-order valence-electron chi connectivity index (χ4n) is 2.49. The topological polar surface area (TPSA) is 47.3 Å². The molecule has 1 aliphatic heterocycles. The van der Waals surface area contributed by atoms with Crippen LogP contribution in [0.4, 0.5) is 0 Å². The van der Waals surface area contributed by atoms with Gasteiger partial charge in [-0.25, -0.2) is 0 Å². The van der Waals surface area contributed by atoms with Crippen molar-refractivity contribution < 1.29 is 4.74 Å². The number of fused-ring (bicyclic) bond motifs is 1. The van der Waals surface area contributed by atoms with E-state index in [9.17, 15) is 0 Å². The average molecular weight is 234 g/mol. The fraction of sp³-hybridized carbons (Fsp3) is 0.571. The van der Waals surface area contributed by atoms with Crippen LogP contribution in [0.2, 0.25) is 0 Å². The summed E-state index contributed by atoms with van der Waals surface area (Å²) in [5.74, 6) is 1.48. The van der Waals surface area contributed by atoms with Crippen molar-refractivity contribution in [1.82, 2.24) is 5.32 Å². The molecule has 3 heteroatoms. The molecule has 0 bridgehead atoms. The van der Waals surface area contributed by atoms with E-state index in [-0.39, 0.29) is 0 Å². The zero-order valence-corrected chi connectivity index (χ0v) is 10.7. The Morgan fingerprint density at radius 2 is 2.29 bits per heavy atom. The fourth-order valence-corrected chi connectivity index (χ4v) is 2.49. The maximum absolute atomic E-state index is 5.76. The Morgan fingerprint density at radius 3 is 3.00 bits per heavy atom. The highest BCUT2D eigenvalue weighted by Crippen LogP contribution is 2.29. The number of hydrogen-bond donors (Lipinski definition) is 2. The molecule has 0 radical (unpaired) electrons. The first-order valence-electron chi connectivity index (χ1n) is 6.39. The normalized spacial score (nSPS) is 18.1. The van der Waals surface area contributed by atoms with Gasteiger partial charge in [-0.3, -0.25) is 0 Å².